The van der Waals surface area contributed by atoms with Crippen molar-refractivity contribution in [3.05, 3.63) is 54.9 Å². The summed E-state index contributed by atoms with van der Waals surface area (Å²) >= 11 is 0. The van der Waals surface area contributed by atoms with E-state index in [1.807, 2.05) is 42.5 Å². The summed E-state index contributed by atoms with van der Waals surface area (Å²) in [4.78, 5) is 8.66. The van der Waals surface area contributed by atoms with Crippen LogP contribution in [0.3, 0.4) is 0 Å². The Labute approximate surface area is 167 Å². The molecule has 0 aliphatic heterocycles. The Hall–Kier alpha value is -2.82. The van der Waals surface area contributed by atoms with Crippen LogP contribution in [0.1, 0.15) is 38.5 Å². The number of hydrogen-bond acceptors (Lipinski definition) is 5. The van der Waals surface area contributed by atoms with Gasteiger partial charge in [0, 0.05) is 11.9 Å². The number of methoxy groups -OCH3 is 1. The average Bonchev–Trinajstić information content (AvgIpc) is 2.75. The van der Waals surface area contributed by atoms with Gasteiger partial charge in [0.25, 0.3) is 0 Å². The topological polar surface area (TPSA) is 56.3 Å². The minimum atomic E-state index is 0.772. The third-order valence-corrected chi connectivity index (χ3v) is 4.73. The van der Waals surface area contributed by atoms with E-state index in [4.69, 9.17) is 9.47 Å². The van der Waals surface area contributed by atoms with Gasteiger partial charge in [-0.2, -0.15) is 0 Å². The summed E-state index contributed by atoms with van der Waals surface area (Å²) in [5.74, 6) is 2.69. The molecular formula is C23H29N3O2. The van der Waals surface area contributed by atoms with Gasteiger partial charge in [0.05, 0.1) is 19.2 Å². The molecule has 28 heavy (non-hydrogen) atoms. The fraction of sp³-hybridized carbons (Fsp3) is 0.391. The fourth-order valence-corrected chi connectivity index (χ4v) is 3.15. The van der Waals surface area contributed by atoms with Gasteiger partial charge in [0.15, 0.2) is 0 Å². The molecule has 3 rings (SSSR count). The van der Waals surface area contributed by atoms with Crippen molar-refractivity contribution in [1.29, 1.82) is 0 Å². The molecule has 0 atom stereocenters. The number of anilines is 1. The van der Waals surface area contributed by atoms with Crippen LogP contribution in [0.25, 0.3) is 10.9 Å². The predicted octanol–water partition coefficient (Wildman–Crippen LogP) is 5.47. The molecule has 0 fully saturated rings. The number of ether oxygens (including phenoxy) is 2. The molecule has 2 aromatic carbocycles. The van der Waals surface area contributed by atoms with Gasteiger partial charge in [-0.15, -0.1) is 0 Å². The van der Waals surface area contributed by atoms with Crippen LogP contribution in [0.4, 0.5) is 5.82 Å². The van der Waals surface area contributed by atoms with Crippen molar-refractivity contribution >= 4 is 16.7 Å². The molecule has 5 heteroatoms. The molecule has 1 heterocycles. The van der Waals surface area contributed by atoms with Gasteiger partial charge in [-0.3, -0.25) is 0 Å². The van der Waals surface area contributed by atoms with E-state index in [1.165, 1.54) is 25.7 Å². The third kappa shape index (κ3) is 6.12. The molecular weight excluding hydrogens is 350 g/mol. The SMILES string of the molecule is COc1ccc(OCCCCCCCCNc2ncnc3ccccc23)cc1. The number of nitrogens with one attached hydrogen (secondary N) is 1. The minimum absolute atomic E-state index is 0.772. The quantitative estimate of drug-likeness (QED) is 0.423. The summed E-state index contributed by atoms with van der Waals surface area (Å²) in [5, 5.41) is 4.53. The zero-order chi connectivity index (χ0) is 19.4. The number of benzene rings is 2. The molecule has 0 saturated heterocycles. The van der Waals surface area contributed by atoms with Gasteiger partial charge in [0.2, 0.25) is 0 Å². The van der Waals surface area contributed by atoms with E-state index in [1.54, 1.807) is 13.4 Å². The van der Waals surface area contributed by atoms with Crippen LogP contribution in [0.5, 0.6) is 11.5 Å². The van der Waals surface area contributed by atoms with Crippen molar-refractivity contribution in [1.82, 2.24) is 9.97 Å². The third-order valence-electron chi connectivity index (χ3n) is 4.73. The van der Waals surface area contributed by atoms with E-state index < -0.39 is 0 Å². The van der Waals surface area contributed by atoms with Gasteiger partial charge in [0.1, 0.15) is 23.6 Å². The van der Waals surface area contributed by atoms with Crippen LogP contribution in [0, 0.1) is 0 Å². The Balaban J connectivity index is 1.21. The Morgan fingerprint density at radius 2 is 1.50 bits per heavy atom. The van der Waals surface area contributed by atoms with Gasteiger partial charge in [-0.25, -0.2) is 9.97 Å². The van der Waals surface area contributed by atoms with Crippen molar-refractivity contribution in [2.45, 2.75) is 38.5 Å². The lowest BCUT2D eigenvalue weighted by Gasteiger charge is -2.08. The fourth-order valence-electron chi connectivity index (χ4n) is 3.15. The van der Waals surface area contributed by atoms with Crippen LogP contribution in [-0.2, 0) is 0 Å². The normalized spacial score (nSPS) is 10.8. The lowest BCUT2D eigenvalue weighted by molar-refractivity contribution is 0.303. The number of para-hydroxylation sites is 1. The second-order valence-electron chi connectivity index (χ2n) is 6.81. The highest BCUT2D eigenvalue weighted by Crippen LogP contribution is 2.19. The van der Waals surface area contributed by atoms with Crippen LogP contribution in [-0.4, -0.2) is 30.2 Å². The highest BCUT2D eigenvalue weighted by molar-refractivity contribution is 5.88. The highest BCUT2D eigenvalue weighted by Gasteiger charge is 2.01. The summed E-state index contributed by atoms with van der Waals surface area (Å²) in [7, 11) is 1.67. The second kappa shape index (κ2) is 11.1. The highest BCUT2D eigenvalue weighted by atomic mass is 16.5. The molecule has 0 unspecified atom stereocenters. The molecule has 0 aliphatic rings. The summed E-state index contributed by atoms with van der Waals surface area (Å²) in [6.45, 7) is 1.72. The van der Waals surface area contributed by atoms with Crippen molar-refractivity contribution in [2.24, 2.45) is 0 Å². The molecule has 1 N–H and O–H groups in total. The van der Waals surface area contributed by atoms with E-state index >= 15 is 0 Å². The second-order valence-corrected chi connectivity index (χ2v) is 6.81. The van der Waals surface area contributed by atoms with Gasteiger partial charge < -0.3 is 14.8 Å². The number of unbranched alkanes of at least 4 members (excludes halogenated alkanes) is 5. The maximum Gasteiger partial charge on any atom is 0.137 e. The monoisotopic (exact) mass is 379 g/mol. The Kier molecular flexibility index (Phi) is 7.91. The predicted molar refractivity (Wildman–Crippen MR) is 114 cm³/mol. The van der Waals surface area contributed by atoms with E-state index in [2.05, 4.69) is 21.4 Å². The first-order chi connectivity index (χ1) is 13.9. The van der Waals surface area contributed by atoms with E-state index in [0.717, 1.165) is 54.2 Å². The maximum atomic E-state index is 5.76. The molecule has 0 saturated carbocycles. The molecule has 0 bridgehead atoms. The first-order valence-electron chi connectivity index (χ1n) is 10.1. The summed E-state index contributed by atoms with van der Waals surface area (Å²) in [6, 6.07) is 15.9. The van der Waals surface area contributed by atoms with Crippen molar-refractivity contribution in [2.75, 3.05) is 25.6 Å². The summed E-state index contributed by atoms with van der Waals surface area (Å²) in [5.41, 5.74) is 0.983. The number of rotatable bonds is 12. The van der Waals surface area contributed by atoms with Crippen molar-refractivity contribution < 1.29 is 9.47 Å². The standard InChI is InChI=1S/C23H29N3O2/c1-27-19-12-14-20(15-13-19)28-17-9-5-3-2-4-8-16-24-23-21-10-6-7-11-22(21)25-18-26-23/h6-7,10-15,18H,2-5,8-9,16-17H2,1H3,(H,24,25,26). The first kappa shape index (κ1) is 19.9. The van der Waals surface area contributed by atoms with Crippen molar-refractivity contribution in [3.8, 4) is 11.5 Å². The van der Waals surface area contributed by atoms with E-state index in [0.29, 0.717) is 0 Å². The number of hydrogen-bond donors (Lipinski definition) is 1. The molecule has 3 aromatic rings. The van der Waals surface area contributed by atoms with Crippen LogP contribution in [0.15, 0.2) is 54.9 Å². The Morgan fingerprint density at radius 1 is 0.786 bits per heavy atom. The number of fused-ring (bicyclic) bond motifs is 1. The molecule has 5 nitrogen and oxygen atoms in total. The summed E-state index contributed by atoms with van der Waals surface area (Å²) < 4.78 is 10.9. The zero-order valence-corrected chi connectivity index (χ0v) is 16.6. The smallest absolute Gasteiger partial charge is 0.137 e. The first-order valence-corrected chi connectivity index (χ1v) is 10.1. The number of nitrogens with zero attached hydrogens (tertiary/aromatic N) is 2. The molecule has 1 aromatic heterocycles. The van der Waals surface area contributed by atoms with Gasteiger partial charge in [-0.1, -0.05) is 37.8 Å². The zero-order valence-electron chi connectivity index (χ0n) is 16.6. The van der Waals surface area contributed by atoms with Crippen molar-refractivity contribution in [3.63, 3.8) is 0 Å². The minimum Gasteiger partial charge on any atom is -0.497 e. The molecule has 0 aliphatic carbocycles. The lowest BCUT2D eigenvalue weighted by atomic mass is 10.1. The Bertz CT molecular complexity index is 831. The maximum absolute atomic E-state index is 5.76. The molecule has 0 amide bonds. The van der Waals surface area contributed by atoms with Crippen LogP contribution >= 0.6 is 0 Å². The number of aromatic nitrogens is 2. The van der Waals surface area contributed by atoms with Gasteiger partial charge in [-0.05, 0) is 49.2 Å². The van der Waals surface area contributed by atoms with Crippen LogP contribution in [0.2, 0.25) is 0 Å². The van der Waals surface area contributed by atoms with Crippen LogP contribution < -0.4 is 14.8 Å². The largest absolute Gasteiger partial charge is 0.497 e. The van der Waals surface area contributed by atoms with Gasteiger partial charge >= 0.3 is 0 Å². The molecule has 0 radical (unpaired) electrons. The molecule has 148 valence electrons. The molecule has 0 spiro atoms. The van der Waals surface area contributed by atoms with E-state index in [-0.39, 0.29) is 0 Å². The summed E-state index contributed by atoms with van der Waals surface area (Å²) in [6.07, 6.45) is 8.82. The Morgan fingerprint density at radius 3 is 2.32 bits per heavy atom. The lowest BCUT2D eigenvalue weighted by Crippen LogP contribution is -2.04. The van der Waals surface area contributed by atoms with E-state index in [9.17, 15) is 0 Å². The average molecular weight is 380 g/mol.